The molecule has 10 heteroatoms. The number of benzene rings is 2. The molecular formula is C27H28FN3O6. The Balaban J connectivity index is 1.34. The molecule has 2 N–H and O–H groups in total. The number of aromatic nitrogens is 1. The molecule has 2 unspecified atom stereocenters. The average Bonchev–Trinajstić information content (AvgIpc) is 3.67. The number of hydrogen-bond acceptors (Lipinski definition) is 8. The van der Waals surface area contributed by atoms with Crippen LogP contribution in [0.15, 0.2) is 48.5 Å². The number of halogens is 1. The van der Waals surface area contributed by atoms with Gasteiger partial charge in [-0.3, -0.25) is 14.8 Å². The third-order valence-corrected chi connectivity index (χ3v) is 7.12. The van der Waals surface area contributed by atoms with Gasteiger partial charge >= 0.3 is 5.97 Å². The molecule has 1 saturated heterocycles. The van der Waals surface area contributed by atoms with Crippen LogP contribution in [0.5, 0.6) is 5.75 Å². The molecule has 1 saturated carbocycles. The van der Waals surface area contributed by atoms with Crippen molar-refractivity contribution in [1.82, 2.24) is 10.5 Å². The molecule has 194 valence electrons. The second-order valence-corrected chi connectivity index (χ2v) is 9.37. The molecule has 2 heterocycles. The van der Waals surface area contributed by atoms with Gasteiger partial charge in [0.1, 0.15) is 12.4 Å². The van der Waals surface area contributed by atoms with Gasteiger partial charge in [0.05, 0.1) is 37.2 Å². The summed E-state index contributed by atoms with van der Waals surface area (Å²) in [5.74, 6) is -1.63. The van der Waals surface area contributed by atoms with Gasteiger partial charge in [0.15, 0.2) is 11.6 Å². The Morgan fingerprint density at radius 2 is 2.00 bits per heavy atom. The highest BCUT2D eigenvalue weighted by atomic mass is 19.1. The van der Waals surface area contributed by atoms with Crippen molar-refractivity contribution in [2.24, 2.45) is 11.3 Å². The summed E-state index contributed by atoms with van der Waals surface area (Å²) in [6.07, 6.45) is 0.319. The first-order valence-corrected chi connectivity index (χ1v) is 12.1. The van der Waals surface area contributed by atoms with Crippen LogP contribution in [0, 0.1) is 17.2 Å². The molecular weight excluding hydrogens is 481 g/mol. The Labute approximate surface area is 213 Å². The molecule has 0 bridgehead atoms. The number of esters is 1. The predicted octanol–water partition coefficient (Wildman–Crippen LogP) is 3.02. The summed E-state index contributed by atoms with van der Waals surface area (Å²) in [6, 6.07) is 14.2. The Hall–Kier alpha value is -3.76. The first-order chi connectivity index (χ1) is 17.9. The van der Waals surface area contributed by atoms with E-state index >= 15 is 4.39 Å². The van der Waals surface area contributed by atoms with E-state index in [2.05, 4.69) is 4.90 Å². The minimum atomic E-state index is -1.12. The van der Waals surface area contributed by atoms with Crippen molar-refractivity contribution in [2.45, 2.75) is 19.4 Å². The molecule has 1 amide bonds. The van der Waals surface area contributed by atoms with Crippen LogP contribution >= 0.6 is 0 Å². The zero-order valence-corrected chi connectivity index (χ0v) is 20.4. The van der Waals surface area contributed by atoms with Crippen LogP contribution in [0.1, 0.15) is 17.5 Å². The summed E-state index contributed by atoms with van der Waals surface area (Å²) in [4.78, 5) is 31.2. The first-order valence-electron chi connectivity index (χ1n) is 12.1. The molecule has 0 spiro atoms. The molecule has 2 aromatic carbocycles. The standard InChI is InChI=1S/C27H28FN3O6/c1-35-26(33)27(15-20(27)25(32)30-34)14-17-6-7-23(21(28)12-17)37-16-18-13-24(31-8-10-36-11-9-31)29-22-5-3-2-4-19(18)22/h2-7,12-13,20,34H,8-11,14-16H2,1H3,(H,30,32). The lowest BCUT2D eigenvalue weighted by atomic mass is 9.93. The number of hydroxylamine groups is 1. The summed E-state index contributed by atoms with van der Waals surface area (Å²) in [7, 11) is 1.24. The van der Waals surface area contributed by atoms with Crippen LogP contribution < -0.4 is 15.1 Å². The number of amides is 1. The van der Waals surface area contributed by atoms with Crippen molar-refractivity contribution in [3.05, 3.63) is 65.5 Å². The number of methoxy groups -OCH3 is 1. The quantitative estimate of drug-likeness (QED) is 0.271. The number of pyridine rings is 1. The maximum absolute atomic E-state index is 15.0. The van der Waals surface area contributed by atoms with Crippen LogP contribution in [0.2, 0.25) is 0 Å². The SMILES string of the molecule is COC(=O)C1(Cc2ccc(OCc3cc(N4CCOCC4)nc4ccccc34)c(F)c2)CC1C(=O)NO. The number of carbonyl (C=O) groups excluding carboxylic acids is 2. The number of morpholine rings is 1. The van der Waals surface area contributed by atoms with Crippen LogP contribution in [0.4, 0.5) is 10.2 Å². The average molecular weight is 510 g/mol. The summed E-state index contributed by atoms with van der Waals surface area (Å²) in [5.41, 5.74) is 2.70. The molecule has 2 atom stereocenters. The minimum Gasteiger partial charge on any atom is -0.486 e. The fourth-order valence-corrected chi connectivity index (χ4v) is 5.02. The van der Waals surface area contributed by atoms with Gasteiger partial charge in [-0.2, -0.15) is 0 Å². The van der Waals surface area contributed by atoms with E-state index in [9.17, 15) is 9.59 Å². The van der Waals surface area contributed by atoms with Gasteiger partial charge < -0.3 is 19.1 Å². The summed E-state index contributed by atoms with van der Waals surface area (Å²) in [6.45, 7) is 2.91. The van der Waals surface area contributed by atoms with E-state index in [1.165, 1.54) is 19.2 Å². The number of carbonyl (C=O) groups is 2. The van der Waals surface area contributed by atoms with Gasteiger partial charge in [-0.05, 0) is 42.7 Å². The number of anilines is 1. The fraction of sp³-hybridized carbons (Fsp3) is 0.370. The fourth-order valence-electron chi connectivity index (χ4n) is 5.02. The van der Waals surface area contributed by atoms with Gasteiger partial charge in [0.2, 0.25) is 5.91 Å². The number of ether oxygens (including phenoxy) is 3. The first kappa shape index (κ1) is 24.9. The largest absolute Gasteiger partial charge is 0.486 e. The molecule has 1 aliphatic carbocycles. The van der Waals surface area contributed by atoms with Crippen molar-refractivity contribution in [3.8, 4) is 5.75 Å². The maximum Gasteiger partial charge on any atom is 0.312 e. The summed E-state index contributed by atoms with van der Waals surface area (Å²) < 4.78 is 31.2. The smallest absolute Gasteiger partial charge is 0.312 e. The van der Waals surface area contributed by atoms with E-state index in [4.69, 9.17) is 24.4 Å². The lowest BCUT2D eigenvalue weighted by Gasteiger charge is -2.28. The monoisotopic (exact) mass is 509 g/mol. The van der Waals surface area contributed by atoms with E-state index in [0.29, 0.717) is 18.8 Å². The highest BCUT2D eigenvalue weighted by Gasteiger charge is 2.64. The number of nitrogens with one attached hydrogen (secondary N) is 1. The molecule has 3 aromatic rings. The van der Waals surface area contributed by atoms with Gasteiger partial charge in [0, 0.05) is 24.0 Å². The molecule has 2 fully saturated rings. The molecule has 5 rings (SSSR count). The number of fused-ring (bicyclic) bond motifs is 1. The van der Waals surface area contributed by atoms with Crippen molar-refractivity contribution in [1.29, 1.82) is 0 Å². The third-order valence-electron chi connectivity index (χ3n) is 7.12. The Kier molecular flexibility index (Phi) is 6.94. The zero-order chi connectivity index (χ0) is 26.0. The maximum atomic E-state index is 15.0. The lowest BCUT2D eigenvalue weighted by molar-refractivity contribution is -0.149. The van der Waals surface area contributed by atoms with E-state index < -0.39 is 29.0 Å². The second kappa shape index (κ2) is 10.3. The van der Waals surface area contributed by atoms with E-state index in [-0.39, 0.29) is 25.2 Å². The molecule has 9 nitrogen and oxygen atoms in total. The van der Waals surface area contributed by atoms with Crippen molar-refractivity contribution >= 4 is 28.6 Å². The highest BCUT2D eigenvalue weighted by Crippen LogP contribution is 2.55. The molecule has 37 heavy (non-hydrogen) atoms. The number of para-hydroxylation sites is 1. The Bertz CT molecular complexity index is 1330. The Morgan fingerprint density at radius 1 is 1.22 bits per heavy atom. The van der Waals surface area contributed by atoms with Gasteiger partial charge in [-0.25, -0.2) is 14.9 Å². The minimum absolute atomic E-state index is 0.0742. The number of hydrogen-bond donors (Lipinski definition) is 2. The summed E-state index contributed by atoms with van der Waals surface area (Å²) >= 11 is 0. The lowest BCUT2D eigenvalue weighted by Crippen LogP contribution is -2.36. The van der Waals surface area contributed by atoms with Crippen molar-refractivity contribution in [3.63, 3.8) is 0 Å². The normalized spacial score (nSPS) is 20.9. The zero-order valence-electron chi connectivity index (χ0n) is 20.4. The van der Waals surface area contributed by atoms with Gasteiger partial charge in [0.25, 0.3) is 0 Å². The third kappa shape index (κ3) is 4.94. The summed E-state index contributed by atoms with van der Waals surface area (Å²) in [5, 5.41) is 9.88. The predicted molar refractivity (Wildman–Crippen MR) is 132 cm³/mol. The van der Waals surface area contributed by atoms with E-state index in [1.807, 2.05) is 30.3 Å². The van der Waals surface area contributed by atoms with Crippen LogP contribution in [0.25, 0.3) is 10.9 Å². The second-order valence-electron chi connectivity index (χ2n) is 9.37. The van der Waals surface area contributed by atoms with Crippen molar-refractivity contribution < 1.29 is 33.4 Å². The van der Waals surface area contributed by atoms with Crippen LogP contribution in [-0.4, -0.2) is 55.5 Å². The van der Waals surface area contributed by atoms with E-state index in [0.717, 1.165) is 35.4 Å². The van der Waals surface area contributed by atoms with Gasteiger partial charge in [-0.1, -0.05) is 24.3 Å². The molecule has 2 aliphatic rings. The van der Waals surface area contributed by atoms with Gasteiger partial charge in [-0.15, -0.1) is 0 Å². The topological polar surface area (TPSA) is 110 Å². The highest BCUT2D eigenvalue weighted by molar-refractivity contribution is 5.93. The molecule has 1 aromatic heterocycles. The molecule has 1 aliphatic heterocycles. The van der Waals surface area contributed by atoms with Crippen molar-refractivity contribution in [2.75, 3.05) is 38.3 Å². The number of nitrogens with zero attached hydrogens (tertiary/aromatic N) is 2. The number of rotatable bonds is 8. The van der Waals surface area contributed by atoms with Crippen LogP contribution in [-0.2, 0) is 32.1 Å². The Morgan fingerprint density at radius 3 is 2.73 bits per heavy atom. The van der Waals surface area contributed by atoms with Crippen LogP contribution in [0.3, 0.4) is 0 Å². The van der Waals surface area contributed by atoms with E-state index in [1.54, 1.807) is 11.5 Å². The molecule has 0 radical (unpaired) electrons.